The number of pyridine rings is 1. The van der Waals surface area contributed by atoms with E-state index in [1.54, 1.807) is 18.5 Å². The first-order valence-electron chi connectivity index (χ1n) is 11.9. The summed E-state index contributed by atoms with van der Waals surface area (Å²) in [4.78, 5) is 19.8. The fraction of sp³-hybridized carbons (Fsp3) is 0.538. The Morgan fingerprint density at radius 1 is 1.19 bits per heavy atom. The average Bonchev–Trinajstić information content (AvgIpc) is 3.54. The van der Waals surface area contributed by atoms with Gasteiger partial charge in [-0.05, 0) is 91.9 Å². The SMILES string of the molecule is O=C(NCc1ccncc1)[C@@H]1C[C@]23CCN(CC4CC4)[C@H](Cc4ccc(O)cc42)[C@]3(O)C1. The highest BCUT2D eigenvalue weighted by atomic mass is 16.3. The fourth-order valence-corrected chi connectivity index (χ4v) is 6.85. The van der Waals surface area contributed by atoms with Crippen LogP contribution in [0.15, 0.2) is 42.7 Å². The quantitative estimate of drug-likeness (QED) is 0.675. The highest BCUT2D eigenvalue weighted by Gasteiger charge is 2.68. The molecular weight excluding hydrogens is 402 g/mol. The van der Waals surface area contributed by atoms with E-state index >= 15 is 0 Å². The van der Waals surface area contributed by atoms with Crippen LogP contribution >= 0.6 is 0 Å². The molecule has 0 spiro atoms. The summed E-state index contributed by atoms with van der Waals surface area (Å²) >= 11 is 0. The van der Waals surface area contributed by atoms with Gasteiger partial charge in [0, 0.05) is 42.9 Å². The maximum atomic E-state index is 13.2. The number of carbonyl (C=O) groups excluding carboxylic acids is 1. The highest BCUT2D eigenvalue weighted by Crippen LogP contribution is 2.62. The van der Waals surface area contributed by atoms with Crippen molar-refractivity contribution in [2.45, 2.75) is 62.1 Å². The zero-order valence-corrected chi connectivity index (χ0v) is 18.3. The van der Waals surface area contributed by atoms with Gasteiger partial charge in [-0.15, -0.1) is 0 Å². The molecule has 0 radical (unpaired) electrons. The van der Waals surface area contributed by atoms with Crippen LogP contribution in [-0.4, -0.2) is 50.7 Å². The lowest BCUT2D eigenvalue weighted by Gasteiger charge is -2.59. The van der Waals surface area contributed by atoms with E-state index in [1.807, 2.05) is 24.3 Å². The summed E-state index contributed by atoms with van der Waals surface area (Å²) in [6.07, 6.45) is 8.77. The van der Waals surface area contributed by atoms with Gasteiger partial charge < -0.3 is 15.5 Å². The maximum Gasteiger partial charge on any atom is 0.223 e. The van der Waals surface area contributed by atoms with Crippen LogP contribution in [-0.2, 0) is 23.2 Å². The monoisotopic (exact) mass is 433 g/mol. The lowest BCUT2D eigenvalue weighted by atomic mass is 9.56. The summed E-state index contributed by atoms with van der Waals surface area (Å²) < 4.78 is 0. The molecule has 3 N–H and O–H groups in total. The minimum atomic E-state index is -0.945. The van der Waals surface area contributed by atoms with Crippen molar-refractivity contribution in [3.05, 3.63) is 59.4 Å². The van der Waals surface area contributed by atoms with Gasteiger partial charge in [0.05, 0.1) is 5.60 Å². The lowest BCUT2D eigenvalue weighted by molar-refractivity contribution is -0.134. The van der Waals surface area contributed by atoms with Crippen molar-refractivity contribution < 1.29 is 15.0 Å². The Morgan fingerprint density at radius 2 is 2.00 bits per heavy atom. The summed E-state index contributed by atoms with van der Waals surface area (Å²) in [6.45, 7) is 2.47. The van der Waals surface area contributed by atoms with E-state index in [2.05, 4.69) is 15.2 Å². The van der Waals surface area contributed by atoms with Crippen LogP contribution < -0.4 is 5.32 Å². The van der Waals surface area contributed by atoms with Gasteiger partial charge in [0.2, 0.25) is 5.91 Å². The second kappa shape index (κ2) is 7.29. The molecule has 0 unspecified atom stereocenters. The molecule has 2 aromatic rings. The number of hydrogen-bond donors (Lipinski definition) is 3. The number of likely N-dealkylation sites (tertiary alicyclic amines) is 1. The number of rotatable bonds is 5. The number of aromatic nitrogens is 1. The molecule has 2 bridgehead atoms. The van der Waals surface area contributed by atoms with Crippen molar-refractivity contribution in [3.8, 4) is 5.75 Å². The molecule has 2 saturated carbocycles. The molecule has 1 aromatic carbocycles. The number of nitrogens with zero attached hydrogens (tertiary/aromatic N) is 2. The van der Waals surface area contributed by atoms with Crippen molar-refractivity contribution in [3.63, 3.8) is 0 Å². The van der Waals surface area contributed by atoms with Crippen LogP contribution in [0.1, 0.15) is 48.8 Å². The smallest absolute Gasteiger partial charge is 0.223 e. The highest BCUT2D eigenvalue weighted by molar-refractivity contribution is 5.80. The van der Waals surface area contributed by atoms with Crippen LogP contribution in [0.2, 0.25) is 0 Å². The summed E-state index contributed by atoms with van der Waals surface area (Å²) in [5, 5.41) is 25.7. The topological polar surface area (TPSA) is 85.7 Å². The Morgan fingerprint density at radius 3 is 2.78 bits per heavy atom. The number of aliphatic hydroxyl groups is 1. The minimum absolute atomic E-state index is 0.0140. The maximum absolute atomic E-state index is 13.2. The predicted octanol–water partition coefficient (Wildman–Crippen LogP) is 2.52. The zero-order chi connectivity index (χ0) is 21.9. The van der Waals surface area contributed by atoms with E-state index in [0.717, 1.165) is 43.0 Å². The van der Waals surface area contributed by atoms with Crippen molar-refractivity contribution in [2.24, 2.45) is 11.8 Å². The van der Waals surface area contributed by atoms with E-state index < -0.39 is 11.0 Å². The van der Waals surface area contributed by atoms with E-state index in [1.165, 1.54) is 18.4 Å². The number of carbonyl (C=O) groups is 1. The third kappa shape index (κ3) is 3.07. The molecule has 1 amide bonds. The van der Waals surface area contributed by atoms with Gasteiger partial charge >= 0.3 is 0 Å². The van der Waals surface area contributed by atoms with Gasteiger partial charge in [0.1, 0.15) is 5.75 Å². The van der Waals surface area contributed by atoms with Crippen molar-refractivity contribution in [1.82, 2.24) is 15.2 Å². The Bertz CT molecular complexity index is 1040. The second-order valence-corrected chi connectivity index (χ2v) is 10.4. The van der Waals surface area contributed by atoms with Crippen molar-refractivity contribution in [1.29, 1.82) is 0 Å². The van der Waals surface area contributed by atoms with Crippen LogP contribution in [0.3, 0.4) is 0 Å². The van der Waals surface area contributed by atoms with Crippen molar-refractivity contribution >= 4 is 5.91 Å². The van der Waals surface area contributed by atoms with Gasteiger partial charge in [-0.1, -0.05) is 6.07 Å². The number of phenols is 1. The molecule has 6 rings (SSSR count). The number of phenolic OH excluding ortho intramolecular Hbond substituents is 1. The molecule has 4 aliphatic rings. The predicted molar refractivity (Wildman–Crippen MR) is 120 cm³/mol. The van der Waals surface area contributed by atoms with Crippen LogP contribution in [0, 0.1) is 11.8 Å². The summed E-state index contributed by atoms with van der Waals surface area (Å²) in [5.41, 5.74) is 1.88. The summed E-state index contributed by atoms with van der Waals surface area (Å²) in [6, 6.07) is 9.48. The van der Waals surface area contributed by atoms with E-state index in [0.29, 0.717) is 19.4 Å². The molecule has 1 aromatic heterocycles. The van der Waals surface area contributed by atoms with Gasteiger partial charge in [0.25, 0.3) is 0 Å². The fourth-order valence-electron chi connectivity index (χ4n) is 6.85. The number of amides is 1. The van der Waals surface area contributed by atoms with Crippen LogP contribution in [0.4, 0.5) is 0 Å². The summed E-state index contributed by atoms with van der Waals surface area (Å²) in [7, 11) is 0. The Balaban J connectivity index is 1.32. The molecule has 32 heavy (non-hydrogen) atoms. The number of benzene rings is 1. The average molecular weight is 434 g/mol. The van der Waals surface area contributed by atoms with Crippen molar-refractivity contribution in [2.75, 3.05) is 13.1 Å². The molecular formula is C26H31N3O3. The minimum Gasteiger partial charge on any atom is -0.508 e. The number of aromatic hydroxyl groups is 1. The first-order valence-corrected chi connectivity index (χ1v) is 11.9. The van der Waals surface area contributed by atoms with Gasteiger partial charge in [-0.3, -0.25) is 14.7 Å². The second-order valence-electron chi connectivity index (χ2n) is 10.4. The molecule has 168 valence electrons. The number of piperidine rings is 1. The molecule has 1 aliphatic heterocycles. The number of nitrogens with one attached hydrogen (secondary N) is 1. The van der Waals surface area contributed by atoms with E-state index in [9.17, 15) is 15.0 Å². The Labute approximate surface area is 188 Å². The first kappa shape index (κ1) is 20.2. The molecule has 1 saturated heterocycles. The first-order chi connectivity index (χ1) is 15.5. The van der Waals surface area contributed by atoms with E-state index in [4.69, 9.17) is 0 Å². The zero-order valence-electron chi connectivity index (χ0n) is 18.3. The van der Waals surface area contributed by atoms with Gasteiger partial charge in [0.15, 0.2) is 0 Å². The third-order valence-corrected chi connectivity index (χ3v) is 8.60. The van der Waals surface area contributed by atoms with Crippen LogP contribution in [0.5, 0.6) is 5.75 Å². The standard InChI is InChI=1S/C26H31N3O3/c30-21-4-3-19-11-23-26(32)14-20(24(31)28-15-17-5-8-27-9-6-17)13-25(26,22(19)12-21)7-10-29(23)16-18-1-2-18/h3-6,8-9,12,18,20,23,30,32H,1-2,7,10-11,13-16H2,(H,28,31)/t20-,23-,25-,26-/m1/s1. The molecule has 6 heteroatoms. The Hall–Kier alpha value is -2.44. The summed E-state index contributed by atoms with van der Waals surface area (Å²) in [5.74, 6) is 0.775. The molecule has 2 heterocycles. The largest absolute Gasteiger partial charge is 0.508 e. The molecule has 3 fully saturated rings. The Kier molecular flexibility index (Phi) is 4.60. The van der Waals surface area contributed by atoms with E-state index in [-0.39, 0.29) is 23.6 Å². The molecule has 3 aliphatic carbocycles. The van der Waals surface area contributed by atoms with Crippen LogP contribution in [0.25, 0.3) is 0 Å². The number of fused-ring (bicyclic) bond motifs is 1. The normalized spacial score (nSPS) is 33.4. The lowest BCUT2D eigenvalue weighted by Crippen LogP contribution is -2.69. The molecule has 6 nitrogen and oxygen atoms in total. The number of hydrogen-bond acceptors (Lipinski definition) is 5. The van der Waals surface area contributed by atoms with Gasteiger partial charge in [-0.2, -0.15) is 0 Å². The molecule has 4 atom stereocenters. The third-order valence-electron chi connectivity index (χ3n) is 8.60. The van der Waals surface area contributed by atoms with Gasteiger partial charge in [-0.25, -0.2) is 0 Å².